The van der Waals surface area contributed by atoms with Gasteiger partial charge in [0.1, 0.15) is 0 Å². The summed E-state index contributed by atoms with van der Waals surface area (Å²) < 4.78 is 0. The van der Waals surface area contributed by atoms with Gasteiger partial charge in [-0.05, 0) is 55.5 Å². The molecule has 2 heteroatoms. The zero-order valence-electron chi connectivity index (χ0n) is 9.93. The molecule has 0 aromatic heterocycles. The number of benzene rings is 1. The molecular formula is C14H20ClN. The smallest absolute Gasteiger partial charge is 0.0411 e. The molecule has 1 N–H and O–H groups in total. The van der Waals surface area contributed by atoms with E-state index in [0.717, 1.165) is 17.9 Å². The second kappa shape index (κ2) is 5.70. The van der Waals surface area contributed by atoms with E-state index in [0.29, 0.717) is 6.04 Å². The summed E-state index contributed by atoms with van der Waals surface area (Å²) in [6.07, 6.45) is 6.16. The summed E-state index contributed by atoms with van der Waals surface area (Å²) in [7, 11) is 0. The molecule has 1 fully saturated rings. The standard InChI is InChI=1S/C14H20ClN/c1-2-11-7-12(9-13(15)8-11)10-14-5-3-4-6-16-14/h7-9,14,16H,2-6,10H2,1H3. The van der Waals surface area contributed by atoms with Gasteiger partial charge in [0, 0.05) is 11.1 Å². The first-order chi connectivity index (χ1) is 7.78. The number of piperidine rings is 1. The van der Waals surface area contributed by atoms with Gasteiger partial charge >= 0.3 is 0 Å². The van der Waals surface area contributed by atoms with Crippen molar-refractivity contribution >= 4 is 11.6 Å². The molecule has 1 nitrogen and oxygen atoms in total. The summed E-state index contributed by atoms with van der Waals surface area (Å²) in [6.45, 7) is 3.35. The van der Waals surface area contributed by atoms with Crippen LogP contribution < -0.4 is 5.32 Å². The number of aryl methyl sites for hydroxylation is 1. The van der Waals surface area contributed by atoms with Gasteiger partial charge in [-0.3, -0.25) is 0 Å². The summed E-state index contributed by atoms with van der Waals surface area (Å²) in [5.41, 5.74) is 2.72. The first-order valence-electron chi connectivity index (χ1n) is 6.29. The summed E-state index contributed by atoms with van der Waals surface area (Å²) in [5, 5.41) is 4.46. The Morgan fingerprint density at radius 3 is 2.75 bits per heavy atom. The van der Waals surface area contributed by atoms with Gasteiger partial charge in [0.15, 0.2) is 0 Å². The first-order valence-corrected chi connectivity index (χ1v) is 6.67. The molecule has 1 atom stereocenters. The van der Waals surface area contributed by atoms with E-state index in [1.54, 1.807) is 0 Å². The van der Waals surface area contributed by atoms with E-state index in [9.17, 15) is 0 Å². The zero-order valence-corrected chi connectivity index (χ0v) is 10.7. The molecule has 1 unspecified atom stereocenters. The molecule has 88 valence electrons. The summed E-state index contributed by atoms with van der Waals surface area (Å²) >= 11 is 6.13. The lowest BCUT2D eigenvalue weighted by molar-refractivity contribution is 0.399. The van der Waals surface area contributed by atoms with E-state index in [4.69, 9.17) is 11.6 Å². The van der Waals surface area contributed by atoms with Crippen molar-refractivity contribution in [2.45, 2.75) is 45.1 Å². The van der Waals surface area contributed by atoms with Crippen molar-refractivity contribution in [3.63, 3.8) is 0 Å². The molecule has 0 amide bonds. The largest absolute Gasteiger partial charge is 0.314 e. The van der Waals surface area contributed by atoms with E-state index in [2.05, 4.69) is 30.4 Å². The van der Waals surface area contributed by atoms with Gasteiger partial charge in [-0.15, -0.1) is 0 Å². The lowest BCUT2D eigenvalue weighted by Crippen LogP contribution is -2.35. The maximum atomic E-state index is 6.13. The highest BCUT2D eigenvalue weighted by molar-refractivity contribution is 6.30. The van der Waals surface area contributed by atoms with Crippen LogP contribution in [-0.4, -0.2) is 12.6 Å². The number of hydrogen-bond donors (Lipinski definition) is 1. The minimum Gasteiger partial charge on any atom is -0.314 e. The van der Waals surface area contributed by atoms with Crippen LogP contribution in [0.25, 0.3) is 0 Å². The molecule has 1 heterocycles. The maximum absolute atomic E-state index is 6.13. The van der Waals surface area contributed by atoms with Crippen LogP contribution in [-0.2, 0) is 12.8 Å². The Balaban J connectivity index is 2.04. The second-order valence-corrected chi connectivity index (χ2v) is 5.11. The van der Waals surface area contributed by atoms with Crippen molar-refractivity contribution in [1.82, 2.24) is 5.32 Å². The average molecular weight is 238 g/mol. The van der Waals surface area contributed by atoms with Crippen molar-refractivity contribution in [1.29, 1.82) is 0 Å². The highest BCUT2D eigenvalue weighted by Gasteiger charge is 2.13. The fourth-order valence-electron chi connectivity index (χ4n) is 2.42. The minimum absolute atomic E-state index is 0.650. The van der Waals surface area contributed by atoms with Crippen LogP contribution in [0.5, 0.6) is 0 Å². The Morgan fingerprint density at radius 1 is 1.25 bits per heavy atom. The predicted octanol–water partition coefficient (Wildman–Crippen LogP) is 3.59. The van der Waals surface area contributed by atoms with Gasteiger partial charge in [-0.25, -0.2) is 0 Å². The van der Waals surface area contributed by atoms with E-state index in [1.807, 2.05) is 0 Å². The minimum atomic E-state index is 0.650. The molecule has 0 radical (unpaired) electrons. The van der Waals surface area contributed by atoms with Gasteiger partial charge in [0.2, 0.25) is 0 Å². The quantitative estimate of drug-likeness (QED) is 0.847. The number of hydrogen-bond acceptors (Lipinski definition) is 1. The molecule has 1 aromatic carbocycles. The number of rotatable bonds is 3. The zero-order chi connectivity index (χ0) is 11.4. The van der Waals surface area contributed by atoms with Crippen molar-refractivity contribution in [2.24, 2.45) is 0 Å². The van der Waals surface area contributed by atoms with Crippen LogP contribution in [0.1, 0.15) is 37.3 Å². The van der Waals surface area contributed by atoms with Crippen LogP contribution in [0.3, 0.4) is 0 Å². The van der Waals surface area contributed by atoms with Gasteiger partial charge in [0.05, 0.1) is 0 Å². The van der Waals surface area contributed by atoms with E-state index >= 15 is 0 Å². The monoisotopic (exact) mass is 237 g/mol. The van der Waals surface area contributed by atoms with Crippen LogP contribution in [0.15, 0.2) is 18.2 Å². The van der Waals surface area contributed by atoms with Crippen LogP contribution in [0, 0.1) is 0 Å². The Kier molecular flexibility index (Phi) is 4.25. The molecule has 16 heavy (non-hydrogen) atoms. The van der Waals surface area contributed by atoms with Crippen molar-refractivity contribution in [2.75, 3.05) is 6.54 Å². The normalized spacial score (nSPS) is 21.0. The molecule has 2 rings (SSSR count). The van der Waals surface area contributed by atoms with E-state index in [1.165, 1.54) is 36.9 Å². The number of halogens is 1. The average Bonchev–Trinajstić information content (AvgIpc) is 2.29. The van der Waals surface area contributed by atoms with E-state index < -0.39 is 0 Å². The molecule has 0 spiro atoms. The van der Waals surface area contributed by atoms with Gasteiger partial charge < -0.3 is 5.32 Å². The summed E-state index contributed by atoms with van der Waals surface area (Å²) in [4.78, 5) is 0. The summed E-state index contributed by atoms with van der Waals surface area (Å²) in [6, 6.07) is 7.12. The van der Waals surface area contributed by atoms with Crippen LogP contribution in [0.4, 0.5) is 0 Å². The van der Waals surface area contributed by atoms with Gasteiger partial charge in [0.25, 0.3) is 0 Å². The van der Waals surface area contributed by atoms with Crippen LogP contribution in [0.2, 0.25) is 5.02 Å². The third-order valence-corrected chi connectivity index (χ3v) is 3.54. The first kappa shape index (κ1) is 11.9. The van der Waals surface area contributed by atoms with Gasteiger partial charge in [-0.1, -0.05) is 31.0 Å². The molecular weight excluding hydrogens is 218 g/mol. The topological polar surface area (TPSA) is 12.0 Å². The Bertz CT molecular complexity index is 343. The third kappa shape index (κ3) is 3.23. The highest BCUT2D eigenvalue weighted by Crippen LogP contribution is 2.19. The van der Waals surface area contributed by atoms with Crippen molar-refractivity contribution in [3.05, 3.63) is 34.3 Å². The molecule has 0 bridgehead atoms. The van der Waals surface area contributed by atoms with Gasteiger partial charge in [-0.2, -0.15) is 0 Å². The van der Waals surface area contributed by atoms with Crippen molar-refractivity contribution in [3.8, 4) is 0 Å². The lowest BCUT2D eigenvalue weighted by atomic mass is 9.96. The fourth-order valence-corrected chi connectivity index (χ4v) is 2.70. The second-order valence-electron chi connectivity index (χ2n) is 4.67. The Hall–Kier alpha value is -0.530. The maximum Gasteiger partial charge on any atom is 0.0411 e. The number of nitrogens with one attached hydrogen (secondary N) is 1. The SMILES string of the molecule is CCc1cc(Cl)cc(CC2CCCCN2)c1. The lowest BCUT2D eigenvalue weighted by Gasteiger charge is -2.23. The molecule has 1 aromatic rings. The Labute approximate surface area is 103 Å². The Morgan fingerprint density at radius 2 is 2.06 bits per heavy atom. The third-order valence-electron chi connectivity index (χ3n) is 3.32. The molecule has 0 saturated carbocycles. The predicted molar refractivity (Wildman–Crippen MR) is 70.2 cm³/mol. The molecule has 1 aliphatic rings. The molecule has 1 saturated heterocycles. The van der Waals surface area contributed by atoms with E-state index in [-0.39, 0.29) is 0 Å². The highest BCUT2D eigenvalue weighted by atomic mass is 35.5. The molecule has 1 aliphatic heterocycles. The summed E-state index contributed by atoms with van der Waals surface area (Å²) in [5.74, 6) is 0. The van der Waals surface area contributed by atoms with Crippen molar-refractivity contribution < 1.29 is 0 Å². The van der Waals surface area contributed by atoms with Crippen LogP contribution >= 0.6 is 11.6 Å². The fraction of sp³-hybridized carbons (Fsp3) is 0.571. The molecule has 0 aliphatic carbocycles.